The Labute approximate surface area is 146 Å². The van der Waals surface area contributed by atoms with Crippen molar-refractivity contribution in [3.05, 3.63) is 22.4 Å². The van der Waals surface area contributed by atoms with E-state index in [4.69, 9.17) is 19.4 Å². The van der Waals surface area contributed by atoms with Gasteiger partial charge in [-0.3, -0.25) is 0 Å². The molecule has 1 N–H and O–H groups in total. The summed E-state index contributed by atoms with van der Waals surface area (Å²) in [6.45, 7) is 6.26. The number of thiophene rings is 1. The van der Waals surface area contributed by atoms with Crippen LogP contribution in [0.5, 0.6) is 0 Å². The summed E-state index contributed by atoms with van der Waals surface area (Å²) in [5, 5.41) is 15.2. The maximum absolute atomic E-state index is 11.1. The van der Waals surface area contributed by atoms with Crippen LogP contribution in [0.1, 0.15) is 44.9 Å². The van der Waals surface area contributed by atoms with E-state index < -0.39 is 11.8 Å². The van der Waals surface area contributed by atoms with Crippen LogP contribution in [0.3, 0.4) is 0 Å². The zero-order chi connectivity index (χ0) is 17.6. The van der Waals surface area contributed by atoms with Gasteiger partial charge in [0.2, 0.25) is 0 Å². The Kier molecular flexibility index (Phi) is 6.77. The summed E-state index contributed by atoms with van der Waals surface area (Å²) in [5.41, 5.74) is 0.889. The van der Waals surface area contributed by atoms with Gasteiger partial charge in [0.05, 0.1) is 23.3 Å². The number of oxime groups is 1. The van der Waals surface area contributed by atoms with Gasteiger partial charge in [-0.25, -0.2) is 4.79 Å². The fourth-order valence-electron chi connectivity index (χ4n) is 2.56. The average Bonchev–Trinajstić information content (AvgIpc) is 3.06. The molecule has 1 aliphatic heterocycles. The summed E-state index contributed by atoms with van der Waals surface area (Å²) < 4.78 is 10.9. The van der Waals surface area contributed by atoms with E-state index in [0.717, 1.165) is 29.9 Å². The van der Waals surface area contributed by atoms with Crippen molar-refractivity contribution < 1.29 is 24.2 Å². The summed E-state index contributed by atoms with van der Waals surface area (Å²) in [7, 11) is 0. The Hall–Kier alpha value is -1.44. The number of nitrogens with zero attached hydrogens (tertiary/aromatic N) is 1. The molecule has 6 nitrogen and oxygen atoms in total. The van der Waals surface area contributed by atoms with E-state index >= 15 is 0 Å². The molecule has 2 rings (SSSR count). The number of carboxylic acid groups (broad SMARTS) is 1. The van der Waals surface area contributed by atoms with Crippen LogP contribution in [-0.2, 0) is 19.1 Å². The lowest BCUT2D eigenvalue weighted by Gasteiger charge is -2.39. The second kappa shape index (κ2) is 8.60. The zero-order valence-corrected chi connectivity index (χ0v) is 15.2. The Morgan fingerprint density at radius 1 is 1.54 bits per heavy atom. The Morgan fingerprint density at radius 3 is 2.96 bits per heavy atom. The maximum atomic E-state index is 11.1. The van der Waals surface area contributed by atoms with Crippen LogP contribution >= 0.6 is 11.3 Å². The van der Waals surface area contributed by atoms with Crippen LogP contribution in [0.15, 0.2) is 22.7 Å². The number of hydrogen-bond donors (Lipinski definition) is 1. The minimum Gasteiger partial charge on any atom is -0.477 e. The highest BCUT2D eigenvalue weighted by Crippen LogP contribution is 2.29. The van der Waals surface area contributed by atoms with E-state index in [1.807, 2.05) is 31.4 Å². The number of carbonyl (C=O) groups is 1. The van der Waals surface area contributed by atoms with Crippen LogP contribution in [-0.4, -0.2) is 41.9 Å². The normalized spacial score (nSPS) is 27.9. The molecule has 0 saturated carbocycles. The molecule has 0 spiro atoms. The van der Waals surface area contributed by atoms with E-state index in [0.29, 0.717) is 13.2 Å². The van der Waals surface area contributed by atoms with Gasteiger partial charge in [-0.1, -0.05) is 11.2 Å². The van der Waals surface area contributed by atoms with Crippen molar-refractivity contribution >= 4 is 23.0 Å². The monoisotopic (exact) mass is 355 g/mol. The first-order valence-electron chi connectivity index (χ1n) is 8.18. The summed E-state index contributed by atoms with van der Waals surface area (Å²) in [5.74, 6) is -2.40. The third kappa shape index (κ3) is 5.03. The molecule has 0 aliphatic carbocycles. The predicted octanol–water partition coefficient (Wildman–Crippen LogP) is 3.51. The van der Waals surface area contributed by atoms with E-state index in [2.05, 4.69) is 5.16 Å². The van der Waals surface area contributed by atoms with E-state index in [1.54, 1.807) is 11.3 Å². The van der Waals surface area contributed by atoms with Crippen molar-refractivity contribution in [1.29, 1.82) is 0 Å². The standard InChI is InChI=1S/C17H25NO5S/c1-12(15-8-6-10-24-15)18-22-9-5-4-7-14-11-21-17(3,16(19)20)23-13(14)2/h6,8,10,13-14H,4-5,7,9,11H2,1-3H3,(H,19,20). The van der Waals surface area contributed by atoms with Gasteiger partial charge < -0.3 is 19.4 Å². The van der Waals surface area contributed by atoms with E-state index in [-0.39, 0.29) is 12.0 Å². The largest absolute Gasteiger partial charge is 0.477 e. The lowest BCUT2D eigenvalue weighted by Crippen LogP contribution is -2.51. The molecule has 1 saturated heterocycles. The third-order valence-corrected chi connectivity index (χ3v) is 5.15. The lowest BCUT2D eigenvalue weighted by molar-refractivity contribution is -0.292. The van der Waals surface area contributed by atoms with Gasteiger partial charge >= 0.3 is 5.97 Å². The fraction of sp³-hybridized carbons (Fsp3) is 0.647. The Morgan fingerprint density at radius 2 is 2.33 bits per heavy atom. The first-order chi connectivity index (χ1) is 11.4. The maximum Gasteiger partial charge on any atom is 0.364 e. The number of carboxylic acids is 1. The molecular weight excluding hydrogens is 330 g/mol. The number of hydrogen-bond acceptors (Lipinski definition) is 6. The van der Waals surface area contributed by atoms with Gasteiger partial charge in [0.1, 0.15) is 6.61 Å². The minimum absolute atomic E-state index is 0.139. The van der Waals surface area contributed by atoms with Crippen LogP contribution in [0, 0.1) is 5.92 Å². The molecule has 0 radical (unpaired) electrons. The van der Waals surface area contributed by atoms with Crippen LogP contribution in [0.25, 0.3) is 0 Å². The highest BCUT2D eigenvalue weighted by atomic mass is 32.1. The molecule has 2 heterocycles. The molecule has 24 heavy (non-hydrogen) atoms. The van der Waals surface area contributed by atoms with Crippen molar-refractivity contribution in [1.82, 2.24) is 0 Å². The molecule has 1 aliphatic rings. The molecule has 1 fully saturated rings. The quantitative estimate of drug-likeness (QED) is 0.439. The van der Waals surface area contributed by atoms with Gasteiger partial charge in [-0.15, -0.1) is 11.3 Å². The second-order valence-electron chi connectivity index (χ2n) is 6.13. The number of ether oxygens (including phenoxy) is 2. The molecule has 3 atom stereocenters. The van der Waals surface area contributed by atoms with Crippen molar-refractivity contribution in [2.24, 2.45) is 11.1 Å². The molecule has 7 heteroatoms. The summed E-state index contributed by atoms with van der Waals surface area (Å²) in [4.78, 5) is 17.6. The van der Waals surface area contributed by atoms with Crippen LogP contribution in [0.2, 0.25) is 0 Å². The molecule has 1 aromatic rings. The molecule has 3 unspecified atom stereocenters. The lowest BCUT2D eigenvalue weighted by atomic mass is 9.96. The third-order valence-electron chi connectivity index (χ3n) is 4.18. The van der Waals surface area contributed by atoms with Crippen molar-refractivity contribution in [3.8, 4) is 0 Å². The topological polar surface area (TPSA) is 77.4 Å². The number of unbranched alkanes of at least 4 members (excludes halogenated alkanes) is 1. The predicted molar refractivity (Wildman–Crippen MR) is 92.4 cm³/mol. The molecule has 0 aromatic carbocycles. The molecular formula is C17H25NO5S. The molecule has 1 aromatic heterocycles. The van der Waals surface area contributed by atoms with Crippen molar-refractivity contribution in [2.75, 3.05) is 13.2 Å². The van der Waals surface area contributed by atoms with E-state index in [1.165, 1.54) is 6.92 Å². The summed E-state index contributed by atoms with van der Waals surface area (Å²) in [6, 6.07) is 4.01. The fourth-order valence-corrected chi connectivity index (χ4v) is 3.23. The molecule has 134 valence electrons. The highest BCUT2D eigenvalue weighted by molar-refractivity contribution is 7.12. The molecule has 0 amide bonds. The minimum atomic E-state index is -1.52. The van der Waals surface area contributed by atoms with Crippen molar-refractivity contribution in [3.63, 3.8) is 0 Å². The smallest absolute Gasteiger partial charge is 0.364 e. The molecule has 0 bridgehead atoms. The van der Waals surface area contributed by atoms with Crippen molar-refractivity contribution in [2.45, 2.75) is 51.9 Å². The number of aliphatic carboxylic acids is 1. The van der Waals surface area contributed by atoms with Gasteiger partial charge in [0.25, 0.3) is 5.79 Å². The van der Waals surface area contributed by atoms with Crippen LogP contribution in [0.4, 0.5) is 0 Å². The van der Waals surface area contributed by atoms with Gasteiger partial charge in [0, 0.05) is 12.8 Å². The van der Waals surface area contributed by atoms with Gasteiger partial charge in [0.15, 0.2) is 0 Å². The van der Waals surface area contributed by atoms with Crippen LogP contribution < -0.4 is 0 Å². The van der Waals surface area contributed by atoms with Gasteiger partial charge in [-0.05, 0) is 44.6 Å². The average molecular weight is 355 g/mol. The van der Waals surface area contributed by atoms with E-state index in [9.17, 15) is 4.79 Å². The summed E-state index contributed by atoms with van der Waals surface area (Å²) >= 11 is 1.64. The number of rotatable bonds is 8. The first kappa shape index (κ1) is 18.9. The second-order valence-corrected chi connectivity index (χ2v) is 7.08. The summed E-state index contributed by atoms with van der Waals surface area (Å²) in [6.07, 6.45) is 2.62. The highest BCUT2D eigenvalue weighted by Gasteiger charge is 2.43. The zero-order valence-electron chi connectivity index (χ0n) is 14.4. The Bertz CT molecular complexity index is 559. The van der Waals surface area contributed by atoms with Gasteiger partial charge in [-0.2, -0.15) is 0 Å². The SMILES string of the molecule is CC(=NOCCCCC1COC(C)(C(=O)O)OC1C)c1cccs1. The Balaban J connectivity index is 1.63. The first-order valence-corrected chi connectivity index (χ1v) is 9.06.